The van der Waals surface area contributed by atoms with Crippen LogP contribution in [0.15, 0.2) is 152 Å². The summed E-state index contributed by atoms with van der Waals surface area (Å²) >= 11 is 0. The topological polar surface area (TPSA) is 81.2 Å². The molecule has 9 aromatic rings. The Bertz CT molecular complexity index is 2830. The molecule has 0 spiro atoms. The quantitative estimate of drug-likeness (QED) is 0.193. The lowest BCUT2D eigenvalue weighted by molar-refractivity contribution is 1.17. The van der Waals surface area contributed by atoms with E-state index in [0.29, 0.717) is 16.7 Å². The normalized spacial score (nSPS) is 11.1. The second kappa shape index (κ2) is 11.4. The first-order chi connectivity index (χ1) is 24.6. The van der Waals surface area contributed by atoms with Crippen molar-refractivity contribution in [2.45, 2.75) is 0 Å². The van der Waals surface area contributed by atoms with Gasteiger partial charge in [0.15, 0.2) is 0 Å². The van der Waals surface area contributed by atoms with Crippen LogP contribution in [0.25, 0.3) is 77.2 Å². The van der Waals surface area contributed by atoms with E-state index in [1.807, 2.05) is 78.9 Å². The molecule has 0 aliphatic heterocycles. The van der Waals surface area contributed by atoms with E-state index in [0.717, 1.165) is 77.2 Å². The summed E-state index contributed by atoms with van der Waals surface area (Å²) < 4.78 is 4.44. The van der Waals surface area contributed by atoms with Gasteiger partial charge in [-0.3, -0.25) is 0 Å². The van der Waals surface area contributed by atoms with Gasteiger partial charge >= 0.3 is 0 Å². The van der Waals surface area contributed by atoms with Gasteiger partial charge in [-0.2, -0.15) is 15.8 Å². The Morgan fingerprint density at radius 2 is 0.760 bits per heavy atom. The molecule has 5 nitrogen and oxygen atoms in total. The van der Waals surface area contributed by atoms with Gasteiger partial charge in [0.05, 0.1) is 57.0 Å². The summed E-state index contributed by atoms with van der Waals surface area (Å²) in [6.07, 6.45) is 0. The van der Waals surface area contributed by atoms with Crippen molar-refractivity contribution < 1.29 is 0 Å². The molecular weight excluding hydrogens is 611 g/mol. The van der Waals surface area contributed by atoms with E-state index in [2.05, 4.69) is 100 Å². The van der Waals surface area contributed by atoms with E-state index < -0.39 is 0 Å². The van der Waals surface area contributed by atoms with Gasteiger partial charge in [0.1, 0.15) is 0 Å². The fourth-order valence-electron chi connectivity index (χ4n) is 7.32. The van der Waals surface area contributed by atoms with Gasteiger partial charge in [-0.15, -0.1) is 0 Å². The smallest absolute Gasteiger partial charge is 0.0992 e. The van der Waals surface area contributed by atoms with Crippen LogP contribution >= 0.6 is 0 Å². The number of hydrogen-bond acceptors (Lipinski definition) is 3. The number of aromatic nitrogens is 2. The first-order valence-corrected chi connectivity index (χ1v) is 16.3. The van der Waals surface area contributed by atoms with Crippen molar-refractivity contribution in [3.05, 3.63) is 168 Å². The van der Waals surface area contributed by atoms with Gasteiger partial charge in [0.25, 0.3) is 0 Å². The Morgan fingerprint density at radius 1 is 0.320 bits per heavy atom. The minimum Gasteiger partial charge on any atom is -0.309 e. The molecule has 0 atom stereocenters. The molecule has 0 aliphatic carbocycles. The number of nitrogens with zero attached hydrogens (tertiary/aromatic N) is 5. The third-order valence-electron chi connectivity index (χ3n) is 9.52. The molecule has 0 unspecified atom stereocenters. The Hall–Kier alpha value is -7.39. The molecule has 0 N–H and O–H groups in total. The molecule has 7 aromatic carbocycles. The zero-order chi connectivity index (χ0) is 33.8. The van der Waals surface area contributed by atoms with Gasteiger partial charge in [-0.25, -0.2) is 0 Å². The number of para-hydroxylation sites is 2. The van der Waals surface area contributed by atoms with Crippen LogP contribution in [-0.4, -0.2) is 9.13 Å². The van der Waals surface area contributed by atoms with Crippen LogP contribution in [0.3, 0.4) is 0 Å². The Morgan fingerprint density at radius 3 is 1.30 bits per heavy atom. The van der Waals surface area contributed by atoms with Gasteiger partial charge in [-0.05, 0) is 107 Å². The molecule has 5 heteroatoms. The van der Waals surface area contributed by atoms with E-state index in [4.69, 9.17) is 0 Å². The monoisotopic (exact) mass is 635 g/mol. The van der Waals surface area contributed by atoms with Gasteiger partial charge in [-0.1, -0.05) is 66.7 Å². The van der Waals surface area contributed by atoms with Crippen LogP contribution in [0.4, 0.5) is 0 Å². The van der Waals surface area contributed by atoms with Crippen molar-refractivity contribution in [1.29, 1.82) is 15.8 Å². The minimum absolute atomic E-state index is 0.559. The molecular formula is C45H25N5. The Kier molecular flexibility index (Phi) is 6.56. The molecule has 0 fully saturated rings. The standard InChI is InChI=1S/C45H25N5/c46-26-29-14-16-44-40(20-29)41-21-30(27-47)15-17-45(41)50(44)37-24-34(32-8-2-1-3-9-32)22-35(25-37)33-18-31(28-48)19-36(23-33)49-42-12-6-4-10-38(42)39-11-5-7-13-43(39)49/h1-25H. The molecule has 9 rings (SSSR count). The molecule has 0 amide bonds. The number of benzene rings is 7. The third-order valence-corrected chi connectivity index (χ3v) is 9.52. The summed E-state index contributed by atoms with van der Waals surface area (Å²) in [5, 5.41) is 33.9. The molecule has 0 bridgehead atoms. The van der Waals surface area contributed by atoms with Crippen molar-refractivity contribution in [3.8, 4) is 51.8 Å². The van der Waals surface area contributed by atoms with Crippen LogP contribution < -0.4 is 0 Å². The van der Waals surface area contributed by atoms with Crippen molar-refractivity contribution in [3.63, 3.8) is 0 Å². The highest BCUT2D eigenvalue weighted by Gasteiger charge is 2.18. The molecule has 0 saturated heterocycles. The summed E-state index contributed by atoms with van der Waals surface area (Å²) in [6.45, 7) is 0. The first kappa shape index (κ1) is 28.8. The zero-order valence-electron chi connectivity index (χ0n) is 26.7. The van der Waals surface area contributed by atoms with E-state index in [-0.39, 0.29) is 0 Å². The second-order valence-corrected chi connectivity index (χ2v) is 12.4. The largest absolute Gasteiger partial charge is 0.309 e. The van der Waals surface area contributed by atoms with Crippen LogP contribution in [0, 0.1) is 34.0 Å². The maximum atomic E-state index is 10.3. The average Bonchev–Trinajstić information content (AvgIpc) is 3.70. The van der Waals surface area contributed by atoms with E-state index in [1.54, 1.807) is 0 Å². The third kappa shape index (κ3) is 4.53. The van der Waals surface area contributed by atoms with E-state index in [1.165, 1.54) is 0 Å². The number of rotatable bonds is 4. The van der Waals surface area contributed by atoms with Gasteiger partial charge in [0.2, 0.25) is 0 Å². The highest BCUT2D eigenvalue weighted by molar-refractivity contribution is 6.11. The SMILES string of the molecule is N#Cc1cc(-c2cc(-c3ccccc3)cc(-n3c4ccc(C#N)cc4c4cc(C#N)ccc43)c2)cc(-n2c3ccccc3c3ccccc32)c1. The summed E-state index contributed by atoms with van der Waals surface area (Å²) in [7, 11) is 0. The lowest BCUT2D eigenvalue weighted by atomic mass is 9.96. The van der Waals surface area contributed by atoms with Gasteiger partial charge in [0, 0.05) is 32.9 Å². The predicted molar refractivity (Wildman–Crippen MR) is 200 cm³/mol. The maximum Gasteiger partial charge on any atom is 0.0992 e. The van der Waals surface area contributed by atoms with E-state index in [9.17, 15) is 15.8 Å². The minimum atomic E-state index is 0.559. The van der Waals surface area contributed by atoms with Crippen LogP contribution in [0.1, 0.15) is 16.7 Å². The molecule has 2 heterocycles. The fraction of sp³-hybridized carbons (Fsp3) is 0. The summed E-state index contributed by atoms with van der Waals surface area (Å²) in [5.74, 6) is 0. The Balaban J connectivity index is 1.34. The molecule has 0 aliphatic rings. The van der Waals surface area contributed by atoms with Crippen molar-refractivity contribution in [2.75, 3.05) is 0 Å². The Labute approximate surface area is 287 Å². The highest BCUT2D eigenvalue weighted by atomic mass is 15.0. The van der Waals surface area contributed by atoms with E-state index >= 15 is 0 Å². The predicted octanol–water partition coefficient (Wildman–Crippen LogP) is 10.8. The lowest BCUT2D eigenvalue weighted by Crippen LogP contribution is -1.98. The van der Waals surface area contributed by atoms with Crippen LogP contribution in [0.5, 0.6) is 0 Å². The first-order valence-electron chi connectivity index (χ1n) is 16.3. The fourth-order valence-corrected chi connectivity index (χ4v) is 7.32. The van der Waals surface area contributed by atoms with Crippen molar-refractivity contribution in [2.24, 2.45) is 0 Å². The highest BCUT2D eigenvalue weighted by Crippen LogP contribution is 2.38. The molecule has 0 saturated carbocycles. The number of hydrogen-bond donors (Lipinski definition) is 0. The van der Waals surface area contributed by atoms with Crippen molar-refractivity contribution in [1.82, 2.24) is 9.13 Å². The lowest BCUT2D eigenvalue weighted by Gasteiger charge is -2.16. The van der Waals surface area contributed by atoms with Crippen LogP contribution in [0.2, 0.25) is 0 Å². The van der Waals surface area contributed by atoms with Crippen LogP contribution in [-0.2, 0) is 0 Å². The summed E-state index contributed by atoms with van der Waals surface area (Å²) in [5.41, 5.74) is 11.5. The summed E-state index contributed by atoms with van der Waals surface area (Å²) in [4.78, 5) is 0. The second-order valence-electron chi connectivity index (χ2n) is 12.4. The zero-order valence-corrected chi connectivity index (χ0v) is 26.7. The molecule has 2 aromatic heterocycles. The summed E-state index contributed by atoms with van der Waals surface area (Å²) in [6, 6.07) is 58.0. The van der Waals surface area contributed by atoms with Gasteiger partial charge < -0.3 is 9.13 Å². The number of fused-ring (bicyclic) bond motifs is 6. The number of nitriles is 3. The average molecular weight is 636 g/mol. The maximum absolute atomic E-state index is 10.3. The van der Waals surface area contributed by atoms with Crippen molar-refractivity contribution >= 4 is 43.6 Å². The molecule has 0 radical (unpaired) electrons. The molecule has 50 heavy (non-hydrogen) atoms. The molecule has 230 valence electrons.